The van der Waals surface area contributed by atoms with Crippen LogP contribution >= 0.6 is 0 Å². The van der Waals surface area contributed by atoms with Gasteiger partial charge in [-0.3, -0.25) is 14.4 Å². The molecule has 0 saturated heterocycles. The molecule has 0 aliphatic carbocycles. The lowest BCUT2D eigenvalue weighted by atomic mass is 10.1. The van der Waals surface area contributed by atoms with E-state index < -0.39 is 17.7 Å². The molecule has 6 heteroatoms. The highest BCUT2D eigenvalue weighted by Crippen LogP contribution is 2.32. The smallest absolute Gasteiger partial charge is 0.268 e. The van der Waals surface area contributed by atoms with Crippen LogP contribution in [0.25, 0.3) is 6.08 Å². The molecule has 3 amide bonds. The fourth-order valence-electron chi connectivity index (χ4n) is 2.92. The monoisotopic (exact) mass is 358 g/mol. The number of fused-ring (bicyclic) bond motifs is 1. The van der Waals surface area contributed by atoms with E-state index in [4.69, 9.17) is 4.42 Å². The highest BCUT2D eigenvalue weighted by atomic mass is 16.3. The zero-order chi connectivity index (χ0) is 18.8. The van der Waals surface area contributed by atoms with Crippen LogP contribution in [0.5, 0.6) is 0 Å². The minimum Gasteiger partial charge on any atom is -0.465 e. The number of carbonyl (C=O) groups is 3. The van der Waals surface area contributed by atoms with Crippen molar-refractivity contribution < 1.29 is 18.8 Å². The first-order chi connectivity index (χ1) is 13.1. The summed E-state index contributed by atoms with van der Waals surface area (Å²) in [7, 11) is 0. The average Bonchev–Trinajstić information content (AvgIpc) is 3.28. The van der Waals surface area contributed by atoms with Gasteiger partial charge in [0.15, 0.2) is 0 Å². The van der Waals surface area contributed by atoms with Gasteiger partial charge in [0.2, 0.25) is 5.91 Å². The molecular weight excluding hydrogens is 344 g/mol. The van der Waals surface area contributed by atoms with Crippen molar-refractivity contribution in [1.82, 2.24) is 0 Å². The molecule has 27 heavy (non-hydrogen) atoms. The minimum absolute atomic E-state index is 0.186. The molecule has 0 unspecified atom stereocenters. The average molecular weight is 358 g/mol. The number of carbonyl (C=O) groups excluding carboxylic acids is 3. The molecule has 1 aliphatic rings. The minimum atomic E-state index is -0.466. The van der Waals surface area contributed by atoms with Crippen molar-refractivity contribution >= 4 is 35.2 Å². The molecule has 2 aromatic carbocycles. The SMILES string of the molecule is O=C(C=Cc1ccco1)Nc1cccc2c1C(=O)N(c1ccccc1)C2=O. The summed E-state index contributed by atoms with van der Waals surface area (Å²) in [6.45, 7) is 0. The second kappa shape index (κ2) is 6.76. The standard InChI is InChI=1S/C21H14N2O4/c24-18(12-11-15-8-5-13-27-15)22-17-10-4-9-16-19(17)21(26)23(20(16)25)14-6-2-1-3-7-14/h1-13H,(H,22,24). The zero-order valence-electron chi connectivity index (χ0n) is 14.1. The molecule has 4 rings (SSSR count). The third-order valence-electron chi connectivity index (χ3n) is 4.13. The molecular formula is C21H14N2O4. The van der Waals surface area contributed by atoms with Crippen molar-refractivity contribution in [2.75, 3.05) is 10.2 Å². The Labute approximate surface area is 154 Å². The van der Waals surface area contributed by atoms with Crippen molar-refractivity contribution in [1.29, 1.82) is 0 Å². The summed E-state index contributed by atoms with van der Waals surface area (Å²) in [4.78, 5) is 38.9. The lowest BCUT2D eigenvalue weighted by Crippen LogP contribution is -2.29. The molecule has 1 aromatic heterocycles. The van der Waals surface area contributed by atoms with Gasteiger partial charge in [0.1, 0.15) is 5.76 Å². The number of anilines is 2. The Morgan fingerprint density at radius 2 is 1.74 bits per heavy atom. The van der Waals surface area contributed by atoms with Crippen LogP contribution in [-0.4, -0.2) is 17.7 Å². The van der Waals surface area contributed by atoms with E-state index in [-0.39, 0.29) is 11.1 Å². The molecule has 0 fully saturated rings. The Kier molecular flexibility index (Phi) is 4.14. The predicted molar refractivity (Wildman–Crippen MR) is 100 cm³/mol. The van der Waals surface area contributed by atoms with Gasteiger partial charge in [-0.15, -0.1) is 0 Å². The van der Waals surface area contributed by atoms with Gasteiger partial charge in [-0.2, -0.15) is 0 Å². The number of amides is 3. The molecule has 0 radical (unpaired) electrons. The van der Waals surface area contributed by atoms with Gasteiger partial charge >= 0.3 is 0 Å². The highest BCUT2D eigenvalue weighted by molar-refractivity contribution is 6.36. The predicted octanol–water partition coefficient (Wildman–Crippen LogP) is 3.73. The van der Waals surface area contributed by atoms with Gasteiger partial charge in [-0.1, -0.05) is 24.3 Å². The summed E-state index contributed by atoms with van der Waals surface area (Å²) in [6, 6.07) is 16.9. The van der Waals surface area contributed by atoms with Crippen molar-refractivity contribution in [2.45, 2.75) is 0 Å². The molecule has 0 spiro atoms. The van der Waals surface area contributed by atoms with Crippen LogP contribution in [0.2, 0.25) is 0 Å². The molecule has 6 nitrogen and oxygen atoms in total. The van der Waals surface area contributed by atoms with Crippen LogP contribution in [-0.2, 0) is 4.79 Å². The first-order valence-electron chi connectivity index (χ1n) is 8.24. The van der Waals surface area contributed by atoms with Crippen LogP contribution in [0.15, 0.2) is 77.4 Å². The van der Waals surface area contributed by atoms with Gasteiger partial charge in [0.25, 0.3) is 11.8 Å². The lowest BCUT2D eigenvalue weighted by Gasteiger charge is -2.13. The number of hydrogen-bond acceptors (Lipinski definition) is 4. The summed E-state index contributed by atoms with van der Waals surface area (Å²) >= 11 is 0. The molecule has 2 heterocycles. The Balaban J connectivity index is 1.63. The van der Waals surface area contributed by atoms with Gasteiger partial charge in [0, 0.05) is 6.08 Å². The summed E-state index contributed by atoms with van der Waals surface area (Å²) < 4.78 is 5.13. The van der Waals surface area contributed by atoms with Gasteiger partial charge in [-0.05, 0) is 42.5 Å². The Morgan fingerprint density at radius 3 is 2.48 bits per heavy atom. The lowest BCUT2D eigenvalue weighted by molar-refractivity contribution is -0.111. The maximum atomic E-state index is 12.9. The number of benzene rings is 2. The highest BCUT2D eigenvalue weighted by Gasteiger charge is 2.38. The van der Waals surface area contributed by atoms with E-state index in [1.807, 2.05) is 0 Å². The van der Waals surface area contributed by atoms with Crippen LogP contribution in [0.3, 0.4) is 0 Å². The third-order valence-corrected chi connectivity index (χ3v) is 4.13. The maximum absolute atomic E-state index is 12.9. The second-order valence-electron chi connectivity index (χ2n) is 5.85. The fourth-order valence-corrected chi connectivity index (χ4v) is 2.92. The number of furan rings is 1. The molecule has 1 N–H and O–H groups in total. The molecule has 132 valence electrons. The van der Waals surface area contributed by atoms with E-state index >= 15 is 0 Å². The topological polar surface area (TPSA) is 79.6 Å². The number of rotatable bonds is 4. The van der Waals surface area contributed by atoms with Crippen molar-refractivity contribution in [3.8, 4) is 0 Å². The number of hydrogen-bond donors (Lipinski definition) is 1. The van der Waals surface area contributed by atoms with E-state index in [9.17, 15) is 14.4 Å². The molecule has 0 atom stereocenters. The quantitative estimate of drug-likeness (QED) is 0.569. The Bertz CT molecular complexity index is 1050. The van der Waals surface area contributed by atoms with Gasteiger partial charge < -0.3 is 9.73 Å². The Morgan fingerprint density at radius 1 is 0.926 bits per heavy atom. The summed E-state index contributed by atoms with van der Waals surface area (Å²) in [5, 5.41) is 2.66. The normalized spacial score (nSPS) is 13.3. The van der Waals surface area contributed by atoms with E-state index in [1.54, 1.807) is 60.7 Å². The van der Waals surface area contributed by atoms with Crippen molar-refractivity contribution in [2.24, 2.45) is 0 Å². The van der Waals surface area contributed by atoms with Crippen LogP contribution in [0.4, 0.5) is 11.4 Å². The first-order valence-corrected chi connectivity index (χ1v) is 8.24. The van der Waals surface area contributed by atoms with Crippen molar-refractivity contribution in [3.63, 3.8) is 0 Å². The fraction of sp³-hybridized carbons (Fsp3) is 0. The molecule has 3 aromatic rings. The summed E-state index contributed by atoms with van der Waals surface area (Å²) in [6.07, 6.45) is 4.32. The number of nitrogens with zero attached hydrogens (tertiary/aromatic N) is 1. The molecule has 0 bridgehead atoms. The first kappa shape index (κ1) is 16.5. The molecule has 0 saturated carbocycles. The number of para-hydroxylation sites is 1. The summed E-state index contributed by atoms with van der Waals surface area (Å²) in [5.74, 6) is -0.779. The van der Waals surface area contributed by atoms with E-state index in [0.29, 0.717) is 17.1 Å². The van der Waals surface area contributed by atoms with Crippen LogP contribution in [0, 0.1) is 0 Å². The van der Waals surface area contributed by atoms with Gasteiger partial charge in [0.05, 0.1) is 28.8 Å². The zero-order valence-corrected chi connectivity index (χ0v) is 14.1. The van der Waals surface area contributed by atoms with Gasteiger partial charge in [-0.25, -0.2) is 4.90 Å². The van der Waals surface area contributed by atoms with E-state index in [1.165, 1.54) is 18.4 Å². The van der Waals surface area contributed by atoms with E-state index in [2.05, 4.69) is 5.32 Å². The van der Waals surface area contributed by atoms with E-state index in [0.717, 1.165) is 4.90 Å². The Hall–Kier alpha value is -3.93. The van der Waals surface area contributed by atoms with Crippen molar-refractivity contribution in [3.05, 3.63) is 89.9 Å². The number of imide groups is 1. The summed E-state index contributed by atoms with van der Waals surface area (Å²) in [5.41, 5.74) is 1.22. The largest absolute Gasteiger partial charge is 0.465 e. The third kappa shape index (κ3) is 3.04. The maximum Gasteiger partial charge on any atom is 0.268 e. The number of nitrogens with one attached hydrogen (secondary N) is 1. The van der Waals surface area contributed by atoms with Crippen LogP contribution in [0.1, 0.15) is 26.5 Å². The van der Waals surface area contributed by atoms with Crippen LogP contribution < -0.4 is 10.2 Å². The molecule has 1 aliphatic heterocycles. The second-order valence-corrected chi connectivity index (χ2v) is 5.85.